The first-order valence-electron chi connectivity index (χ1n) is 11.0. The van der Waals surface area contributed by atoms with E-state index in [0.29, 0.717) is 40.4 Å². The highest BCUT2D eigenvalue weighted by Crippen LogP contribution is 2.36. The van der Waals surface area contributed by atoms with Crippen LogP contribution in [0.3, 0.4) is 0 Å². The lowest BCUT2D eigenvalue weighted by Crippen LogP contribution is -2.45. The highest BCUT2D eigenvalue weighted by Gasteiger charge is 2.33. The Morgan fingerprint density at radius 1 is 0.867 bits per heavy atom. The summed E-state index contributed by atoms with van der Waals surface area (Å²) < 4.78 is 0. The first-order chi connectivity index (χ1) is 14.6. The lowest BCUT2D eigenvalue weighted by molar-refractivity contribution is -0.118. The van der Waals surface area contributed by atoms with Crippen LogP contribution in [0.15, 0.2) is 42.5 Å². The number of rotatable bonds is 3. The number of amides is 1. The Morgan fingerprint density at radius 3 is 2.37 bits per heavy atom. The van der Waals surface area contributed by atoms with Gasteiger partial charge in [-0.1, -0.05) is 55.7 Å². The van der Waals surface area contributed by atoms with Crippen LogP contribution in [0.25, 0.3) is 0 Å². The second-order valence-electron chi connectivity index (χ2n) is 8.81. The van der Waals surface area contributed by atoms with Crippen molar-refractivity contribution in [2.75, 3.05) is 25.0 Å². The number of anilines is 1. The molecule has 2 aromatic carbocycles. The van der Waals surface area contributed by atoms with Crippen LogP contribution in [0.5, 0.6) is 0 Å². The number of ketones is 2. The maximum absolute atomic E-state index is 13.1. The summed E-state index contributed by atoms with van der Waals surface area (Å²) >= 11 is 0. The van der Waals surface area contributed by atoms with Gasteiger partial charge >= 0.3 is 0 Å². The van der Waals surface area contributed by atoms with Gasteiger partial charge in [0.2, 0.25) is 5.91 Å². The number of likely N-dealkylation sites (tertiary alicyclic amines) is 1. The monoisotopic (exact) mass is 402 g/mol. The van der Waals surface area contributed by atoms with Crippen LogP contribution in [-0.2, 0) is 4.79 Å². The van der Waals surface area contributed by atoms with Crippen LogP contribution in [0.1, 0.15) is 63.9 Å². The van der Waals surface area contributed by atoms with Crippen LogP contribution in [0, 0.1) is 11.8 Å². The van der Waals surface area contributed by atoms with Gasteiger partial charge in [-0.05, 0) is 37.3 Å². The minimum absolute atomic E-state index is 0.128. The van der Waals surface area contributed by atoms with Crippen LogP contribution in [-0.4, -0.2) is 42.0 Å². The molecule has 1 N–H and O–H groups in total. The predicted octanol–water partition coefficient (Wildman–Crippen LogP) is 3.91. The van der Waals surface area contributed by atoms with Gasteiger partial charge in [-0.15, -0.1) is 0 Å². The van der Waals surface area contributed by atoms with Gasteiger partial charge < -0.3 is 5.32 Å². The van der Waals surface area contributed by atoms with Crippen LogP contribution >= 0.6 is 0 Å². The number of hydrogen-bond acceptors (Lipinski definition) is 4. The van der Waals surface area contributed by atoms with Crippen molar-refractivity contribution in [3.05, 3.63) is 64.7 Å². The topological polar surface area (TPSA) is 66.5 Å². The largest absolute Gasteiger partial charge is 0.324 e. The zero-order chi connectivity index (χ0) is 20.7. The molecule has 2 aliphatic carbocycles. The molecular weight excluding hydrogens is 376 g/mol. The molecule has 5 heteroatoms. The Bertz CT molecular complexity index is 1030. The van der Waals surface area contributed by atoms with E-state index in [9.17, 15) is 14.4 Å². The minimum Gasteiger partial charge on any atom is -0.324 e. The molecule has 0 bridgehead atoms. The maximum Gasteiger partial charge on any atom is 0.238 e. The summed E-state index contributed by atoms with van der Waals surface area (Å²) in [4.78, 5) is 41.0. The Labute approximate surface area is 176 Å². The number of nitrogens with zero attached hydrogens (tertiary/aromatic N) is 1. The molecule has 3 aliphatic rings. The summed E-state index contributed by atoms with van der Waals surface area (Å²) in [6.07, 6.45) is 6.41. The van der Waals surface area contributed by atoms with E-state index >= 15 is 0 Å². The van der Waals surface area contributed by atoms with Gasteiger partial charge in [0, 0.05) is 23.2 Å². The van der Waals surface area contributed by atoms with Crippen molar-refractivity contribution in [3.63, 3.8) is 0 Å². The summed E-state index contributed by atoms with van der Waals surface area (Å²) in [6.45, 7) is 2.26. The van der Waals surface area contributed by atoms with Gasteiger partial charge in [-0.3, -0.25) is 19.3 Å². The standard InChI is InChI=1S/C25H26N2O3/c28-22(15-27-13-12-16-6-1-2-7-17(16)14-27)26-21-11-5-10-20-23(21)25(30)19-9-4-3-8-18(19)24(20)29/h3-5,8-11,16-17H,1-2,6-7,12-15H2,(H,26,28)/t16-,17-/m1/s1. The molecule has 5 rings (SSSR count). The third kappa shape index (κ3) is 3.37. The number of fused-ring (bicyclic) bond motifs is 3. The number of carbonyl (C=O) groups excluding carboxylic acids is 3. The molecule has 154 valence electrons. The summed E-state index contributed by atoms with van der Waals surface area (Å²) in [5.41, 5.74) is 1.92. The number of hydrogen-bond donors (Lipinski definition) is 1. The molecule has 1 saturated carbocycles. The predicted molar refractivity (Wildman–Crippen MR) is 115 cm³/mol. The van der Waals surface area contributed by atoms with Crippen molar-refractivity contribution in [2.45, 2.75) is 32.1 Å². The second-order valence-corrected chi connectivity index (χ2v) is 8.81. The first kappa shape index (κ1) is 19.2. The molecule has 1 saturated heterocycles. The fourth-order valence-electron chi connectivity index (χ4n) is 5.46. The Kier molecular flexibility index (Phi) is 4.99. The Hall–Kier alpha value is -2.79. The fourth-order valence-corrected chi connectivity index (χ4v) is 5.46. The van der Waals surface area contributed by atoms with E-state index in [0.717, 1.165) is 19.0 Å². The van der Waals surface area contributed by atoms with Gasteiger partial charge in [0.05, 0.1) is 17.8 Å². The second kappa shape index (κ2) is 7.80. The van der Waals surface area contributed by atoms with E-state index in [1.54, 1.807) is 42.5 Å². The molecule has 0 radical (unpaired) electrons. The lowest BCUT2D eigenvalue weighted by Gasteiger charge is -2.41. The average Bonchev–Trinajstić information content (AvgIpc) is 2.77. The third-order valence-corrected chi connectivity index (χ3v) is 6.97. The van der Waals surface area contributed by atoms with Crippen LogP contribution in [0.2, 0.25) is 0 Å². The molecule has 0 spiro atoms. The molecule has 1 heterocycles. The van der Waals surface area contributed by atoms with E-state index in [-0.39, 0.29) is 17.5 Å². The molecule has 1 aliphatic heterocycles. The maximum atomic E-state index is 13.1. The first-order valence-corrected chi connectivity index (χ1v) is 11.0. The molecule has 2 aromatic rings. The number of piperidine rings is 1. The van der Waals surface area contributed by atoms with Crippen molar-refractivity contribution < 1.29 is 14.4 Å². The number of benzene rings is 2. The molecule has 2 fully saturated rings. The van der Waals surface area contributed by atoms with E-state index < -0.39 is 0 Å². The molecule has 30 heavy (non-hydrogen) atoms. The molecule has 2 atom stereocenters. The van der Waals surface area contributed by atoms with Crippen molar-refractivity contribution in [1.29, 1.82) is 0 Å². The van der Waals surface area contributed by atoms with Crippen molar-refractivity contribution in [1.82, 2.24) is 4.90 Å². The number of nitrogens with one attached hydrogen (secondary N) is 1. The SMILES string of the molecule is O=C(CN1CC[C@H]2CCCC[C@@H]2C1)Nc1cccc2c1C(=O)c1ccccc1C2=O. The third-order valence-electron chi connectivity index (χ3n) is 6.97. The fraction of sp³-hybridized carbons (Fsp3) is 0.400. The van der Waals surface area contributed by atoms with E-state index in [2.05, 4.69) is 10.2 Å². The summed E-state index contributed by atoms with van der Waals surface area (Å²) in [6, 6.07) is 12.0. The van der Waals surface area contributed by atoms with Crippen molar-refractivity contribution >= 4 is 23.2 Å². The number of carbonyl (C=O) groups is 3. The van der Waals surface area contributed by atoms with E-state index in [1.165, 1.54) is 32.1 Å². The quantitative estimate of drug-likeness (QED) is 0.721. The lowest BCUT2D eigenvalue weighted by atomic mass is 9.75. The summed E-state index contributed by atoms with van der Waals surface area (Å²) in [5, 5.41) is 2.92. The molecular formula is C25H26N2O3. The average molecular weight is 402 g/mol. The van der Waals surface area contributed by atoms with Crippen LogP contribution < -0.4 is 5.32 Å². The highest BCUT2D eigenvalue weighted by atomic mass is 16.2. The minimum atomic E-state index is -0.209. The van der Waals surface area contributed by atoms with Crippen molar-refractivity contribution in [2.24, 2.45) is 11.8 Å². The van der Waals surface area contributed by atoms with E-state index in [4.69, 9.17) is 0 Å². The zero-order valence-corrected chi connectivity index (χ0v) is 17.0. The van der Waals surface area contributed by atoms with Gasteiger partial charge in [0.15, 0.2) is 11.6 Å². The van der Waals surface area contributed by atoms with Gasteiger partial charge in [0.25, 0.3) is 0 Å². The van der Waals surface area contributed by atoms with Gasteiger partial charge in [0.1, 0.15) is 0 Å². The highest BCUT2D eigenvalue weighted by molar-refractivity contribution is 6.30. The normalized spacial score (nSPS) is 23.3. The van der Waals surface area contributed by atoms with Crippen molar-refractivity contribution in [3.8, 4) is 0 Å². The smallest absolute Gasteiger partial charge is 0.238 e. The summed E-state index contributed by atoms with van der Waals surface area (Å²) in [5.74, 6) is 1.02. The molecule has 1 amide bonds. The molecule has 0 unspecified atom stereocenters. The molecule has 5 nitrogen and oxygen atoms in total. The zero-order valence-electron chi connectivity index (χ0n) is 17.0. The Morgan fingerprint density at radius 2 is 1.57 bits per heavy atom. The Balaban J connectivity index is 1.33. The van der Waals surface area contributed by atoms with Gasteiger partial charge in [-0.2, -0.15) is 0 Å². The van der Waals surface area contributed by atoms with Gasteiger partial charge in [-0.25, -0.2) is 0 Å². The molecule has 0 aromatic heterocycles. The van der Waals surface area contributed by atoms with E-state index in [1.807, 2.05) is 0 Å². The van der Waals surface area contributed by atoms with Crippen LogP contribution in [0.4, 0.5) is 5.69 Å². The summed E-state index contributed by atoms with van der Waals surface area (Å²) in [7, 11) is 0.